The third-order valence-corrected chi connectivity index (χ3v) is 6.91. The van der Waals surface area contributed by atoms with Gasteiger partial charge in [-0.15, -0.1) is 0 Å². The number of hydrogen-bond donors (Lipinski definition) is 6. The number of hydrogen-bond acceptors (Lipinski definition) is 6. The van der Waals surface area contributed by atoms with Crippen molar-refractivity contribution in [1.29, 1.82) is 0 Å². The lowest BCUT2D eigenvalue weighted by molar-refractivity contribution is -0.144. The zero-order chi connectivity index (χ0) is 26.4. The number of aliphatic hydroxyl groups excluding tert-OH is 1. The Bertz CT molecular complexity index is 1100. The predicted molar refractivity (Wildman–Crippen MR) is 133 cm³/mol. The molecular weight excluding hydrogens is 466 g/mol. The molecule has 1 aromatic heterocycles. The van der Waals surface area contributed by atoms with Crippen molar-refractivity contribution in [3.63, 3.8) is 0 Å². The maximum Gasteiger partial charge on any atom is 0.328 e. The number of para-hydroxylation sites is 1. The second-order valence-corrected chi connectivity index (χ2v) is 9.31. The number of fused-ring (bicyclic) bond motifs is 1. The van der Waals surface area contributed by atoms with Gasteiger partial charge in [0.25, 0.3) is 0 Å². The molecule has 0 bridgehead atoms. The summed E-state index contributed by atoms with van der Waals surface area (Å²) in [6, 6.07) is 3.31. The molecule has 0 radical (unpaired) electrons. The highest BCUT2D eigenvalue weighted by molar-refractivity contribution is 5.95. The first-order valence-corrected chi connectivity index (χ1v) is 12.2. The third-order valence-electron chi connectivity index (χ3n) is 6.91. The molecule has 2 heterocycles. The number of aliphatic carboxylic acids is 1. The number of aliphatic hydroxyl groups is 1. The maximum atomic E-state index is 13.3. The van der Waals surface area contributed by atoms with Gasteiger partial charge in [0, 0.05) is 30.1 Å². The first kappa shape index (κ1) is 27.2. The van der Waals surface area contributed by atoms with Crippen LogP contribution in [0.25, 0.3) is 10.9 Å². The highest BCUT2D eigenvalue weighted by Gasteiger charge is 2.39. The van der Waals surface area contributed by atoms with E-state index in [4.69, 9.17) is 5.73 Å². The number of carboxylic acids is 1. The Morgan fingerprint density at radius 3 is 2.58 bits per heavy atom. The number of nitrogens with two attached hydrogens (primary N) is 1. The summed E-state index contributed by atoms with van der Waals surface area (Å²) in [4.78, 5) is 55.3. The summed E-state index contributed by atoms with van der Waals surface area (Å²) in [5, 5.41) is 24.5. The number of H-pyrrole nitrogens is 1. The minimum absolute atomic E-state index is 0.0476. The van der Waals surface area contributed by atoms with E-state index >= 15 is 0 Å². The fraction of sp³-hybridized carbons (Fsp3) is 0.520. The predicted octanol–water partition coefficient (Wildman–Crippen LogP) is 0.121. The number of nitrogens with one attached hydrogen (secondary N) is 3. The van der Waals surface area contributed by atoms with Crippen molar-refractivity contribution in [2.75, 3.05) is 13.2 Å². The fourth-order valence-electron chi connectivity index (χ4n) is 4.45. The lowest BCUT2D eigenvalue weighted by Crippen LogP contribution is -2.58. The first-order valence-electron chi connectivity index (χ1n) is 12.2. The van der Waals surface area contributed by atoms with Gasteiger partial charge >= 0.3 is 5.97 Å². The zero-order valence-electron chi connectivity index (χ0n) is 20.6. The van der Waals surface area contributed by atoms with Gasteiger partial charge in [0.15, 0.2) is 0 Å². The van der Waals surface area contributed by atoms with E-state index in [0.717, 1.165) is 22.9 Å². The highest BCUT2D eigenvalue weighted by Crippen LogP contribution is 2.22. The standard InChI is InChI=1S/C25H35N5O6/c1-3-14(2)21(26)24(34)30-10-6-9-20(30)23(33)28-18(22(32)29-19(13-31)25(35)36)11-15-12-27-17-8-5-4-7-16(15)17/h4-5,7-8,12,14,18-21,27,31H,3,6,9-11,13,26H2,1-2H3,(H,28,33)(H,29,32)(H,35,36). The molecule has 0 spiro atoms. The molecule has 2 aromatic rings. The van der Waals surface area contributed by atoms with E-state index < -0.39 is 48.6 Å². The number of aromatic amines is 1. The van der Waals surface area contributed by atoms with Gasteiger partial charge in [0.05, 0.1) is 12.6 Å². The Morgan fingerprint density at radius 1 is 1.19 bits per heavy atom. The van der Waals surface area contributed by atoms with Crippen molar-refractivity contribution in [3.05, 3.63) is 36.0 Å². The Hall–Kier alpha value is -3.44. The minimum Gasteiger partial charge on any atom is -0.480 e. The van der Waals surface area contributed by atoms with E-state index in [1.54, 1.807) is 6.20 Å². The first-order chi connectivity index (χ1) is 17.2. The van der Waals surface area contributed by atoms with Crippen LogP contribution in [0.3, 0.4) is 0 Å². The molecule has 36 heavy (non-hydrogen) atoms. The van der Waals surface area contributed by atoms with Crippen LogP contribution in [0.1, 0.15) is 38.7 Å². The SMILES string of the molecule is CCC(C)C(N)C(=O)N1CCCC1C(=O)NC(Cc1c[nH]c2ccccc12)C(=O)NC(CO)C(=O)O. The summed E-state index contributed by atoms with van der Waals surface area (Å²) < 4.78 is 0. The maximum absolute atomic E-state index is 13.3. The summed E-state index contributed by atoms with van der Waals surface area (Å²) >= 11 is 0. The van der Waals surface area contributed by atoms with Crippen LogP contribution in [0.2, 0.25) is 0 Å². The van der Waals surface area contributed by atoms with E-state index in [2.05, 4.69) is 15.6 Å². The Balaban J connectivity index is 1.82. The van der Waals surface area contributed by atoms with Crippen LogP contribution in [-0.2, 0) is 25.6 Å². The number of benzene rings is 1. The third kappa shape index (κ3) is 6.03. The van der Waals surface area contributed by atoms with E-state index in [-0.39, 0.29) is 18.2 Å². The lowest BCUT2D eigenvalue weighted by atomic mass is 9.98. The zero-order valence-corrected chi connectivity index (χ0v) is 20.6. The van der Waals surface area contributed by atoms with Crippen LogP contribution in [0.15, 0.2) is 30.5 Å². The molecule has 196 valence electrons. The van der Waals surface area contributed by atoms with Crippen LogP contribution < -0.4 is 16.4 Å². The fourth-order valence-corrected chi connectivity index (χ4v) is 4.45. The van der Waals surface area contributed by atoms with E-state index in [1.165, 1.54) is 4.90 Å². The molecule has 1 saturated heterocycles. The largest absolute Gasteiger partial charge is 0.480 e. The molecule has 5 unspecified atom stereocenters. The molecule has 1 aliphatic rings. The van der Waals surface area contributed by atoms with Gasteiger partial charge in [0.1, 0.15) is 18.1 Å². The van der Waals surface area contributed by atoms with E-state index in [9.17, 15) is 29.4 Å². The second kappa shape index (κ2) is 12.0. The molecule has 0 aliphatic carbocycles. The summed E-state index contributed by atoms with van der Waals surface area (Å²) in [6.45, 7) is 3.42. The number of rotatable bonds is 11. The van der Waals surface area contributed by atoms with Gasteiger partial charge < -0.3 is 36.5 Å². The van der Waals surface area contributed by atoms with Gasteiger partial charge in [0.2, 0.25) is 17.7 Å². The summed E-state index contributed by atoms with van der Waals surface area (Å²) in [5.74, 6) is -3.00. The van der Waals surface area contributed by atoms with Crippen LogP contribution in [-0.4, -0.2) is 81.1 Å². The smallest absolute Gasteiger partial charge is 0.328 e. The molecule has 1 aromatic carbocycles. The number of carbonyl (C=O) groups is 4. The number of carboxylic acid groups (broad SMARTS) is 1. The van der Waals surface area contributed by atoms with E-state index in [0.29, 0.717) is 19.4 Å². The van der Waals surface area contributed by atoms with Crippen molar-refractivity contribution in [2.24, 2.45) is 11.7 Å². The van der Waals surface area contributed by atoms with Gasteiger partial charge in [-0.05, 0) is 30.4 Å². The molecule has 5 atom stereocenters. The molecule has 11 nitrogen and oxygen atoms in total. The number of carbonyl (C=O) groups excluding carboxylic acids is 3. The van der Waals surface area contributed by atoms with Crippen molar-refractivity contribution in [1.82, 2.24) is 20.5 Å². The topological polar surface area (TPSA) is 178 Å². The average Bonchev–Trinajstić information content (AvgIpc) is 3.52. The monoisotopic (exact) mass is 501 g/mol. The van der Waals surface area contributed by atoms with Crippen molar-refractivity contribution in [3.8, 4) is 0 Å². The van der Waals surface area contributed by atoms with Crippen molar-refractivity contribution >= 4 is 34.6 Å². The van der Waals surface area contributed by atoms with Gasteiger partial charge in [-0.1, -0.05) is 38.5 Å². The Morgan fingerprint density at radius 2 is 1.92 bits per heavy atom. The minimum atomic E-state index is -1.52. The quantitative estimate of drug-likeness (QED) is 0.253. The summed E-state index contributed by atoms with van der Waals surface area (Å²) in [5.41, 5.74) is 7.74. The summed E-state index contributed by atoms with van der Waals surface area (Å²) in [7, 11) is 0. The Labute approximate surface area is 209 Å². The number of nitrogens with zero attached hydrogens (tertiary/aromatic N) is 1. The number of amides is 3. The highest BCUT2D eigenvalue weighted by atomic mass is 16.4. The van der Waals surface area contributed by atoms with Gasteiger partial charge in [-0.2, -0.15) is 0 Å². The summed E-state index contributed by atoms with van der Waals surface area (Å²) in [6.07, 6.45) is 3.59. The van der Waals surface area contributed by atoms with E-state index in [1.807, 2.05) is 38.1 Å². The normalized spacial score (nSPS) is 18.9. The van der Waals surface area contributed by atoms with Crippen LogP contribution in [0, 0.1) is 5.92 Å². The molecule has 7 N–H and O–H groups in total. The molecule has 3 amide bonds. The van der Waals surface area contributed by atoms with Crippen molar-refractivity contribution < 1.29 is 29.4 Å². The lowest BCUT2D eigenvalue weighted by Gasteiger charge is -2.30. The molecule has 3 rings (SSSR count). The molecular formula is C25H35N5O6. The van der Waals surface area contributed by atoms with Crippen LogP contribution >= 0.6 is 0 Å². The second-order valence-electron chi connectivity index (χ2n) is 9.31. The molecule has 1 fully saturated rings. The van der Waals surface area contributed by atoms with Crippen LogP contribution in [0.4, 0.5) is 0 Å². The Kier molecular flexibility index (Phi) is 9.05. The average molecular weight is 502 g/mol. The number of aromatic nitrogens is 1. The molecule has 0 saturated carbocycles. The molecule has 11 heteroatoms. The van der Waals surface area contributed by atoms with Crippen molar-refractivity contribution in [2.45, 2.75) is 63.7 Å². The van der Waals surface area contributed by atoms with Gasteiger partial charge in [-0.25, -0.2) is 4.79 Å². The number of likely N-dealkylation sites (tertiary alicyclic amines) is 1. The van der Waals surface area contributed by atoms with Crippen LogP contribution in [0.5, 0.6) is 0 Å². The molecule has 1 aliphatic heterocycles. The van der Waals surface area contributed by atoms with Gasteiger partial charge in [-0.3, -0.25) is 14.4 Å².